The highest BCUT2D eigenvalue weighted by Crippen LogP contribution is 2.23. The molecule has 2 heterocycles. The Labute approximate surface area is 143 Å². The van der Waals surface area contributed by atoms with Gasteiger partial charge >= 0.3 is 0 Å². The third-order valence-electron chi connectivity index (χ3n) is 4.59. The molecule has 2 N–H and O–H groups in total. The van der Waals surface area contributed by atoms with E-state index in [1.807, 2.05) is 18.3 Å². The number of nitrogens with zero attached hydrogens (tertiary/aromatic N) is 1. The molecule has 4 nitrogen and oxygen atoms in total. The van der Waals surface area contributed by atoms with Gasteiger partial charge in [-0.2, -0.15) is 0 Å². The third kappa shape index (κ3) is 4.01. The Hall–Kier alpha value is -2.20. The van der Waals surface area contributed by atoms with Crippen molar-refractivity contribution in [1.29, 1.82) is 0 Å². The van der Waals surface area contributed by atoms with Gasteiger partial charge in [0, 0.05) is 18.3 Å². The molecule has 1 saturated heterocycles. The lowest BCUT2D eigenvalue weighted by Gasteiger charge is -2.21. The molecule has 1 amide bonds. The van der Waals surface area contributed by atoms with Crippen LogP contribution < -0.4 is 10.6 Å². The van der Waals surface area contributed by atoms with Crippen LogP contribution in [-0.4, -0.2) is 24.0 Å². The van der Waals surface area contributed by atoms with Crippen LogP contribution in [-0.2, 0) is 4.79 Å². The second kappa shape index (κ2) is 7.58. The smallest absolute Gasteiger partial charge is 0.229 e. The number of piperidine rings is 1. The van der Waals surface area contributed by atoms with Crippen LogP contribution in [0.2, 0.25) is 0 Å². The SMILES string of the molecule is CC(C)c1ccc(-c2ccc(NC(=O)C3CCCNC3)nc2)cc1. The zero-order valence-corrected chi connectivity index (χ0v) is 14.4. The minimum Gasteiger partial charge on any atom is -0.316 e. The van der Waals surface area contributed by atoms with Crippen molar-refractivity contribution in [3.8, 4) is 11.1 Å². The number of pyridine rings is 1. The molecule has 0 aliphatic carbocycles. The Morgan fingerprint density at radius 2 is 1.92 bits per heavy atom. The Balaban J connectivity index is 1.65. The van der Waals surface area contributed by atoms with Crippen LogP contribution in [0.4, 0.5) is 5.82 Å². The number of hydrogen-bond acceptors (Lipinski definition) is 3. The van der Waals surface area contributed by atoms with E-state index in [4.69, 9.17) is 0 Å². The Bertz CT molecular complexity index is 671. The lowest BCUT2D eigenvalue weighted by Crippen LogP contribution is -2.37. The number of anilines is 1. The van der Waals surface area contributed by atoms with Crippen molar-refractivity contribution in [2.45, 2.75) is 32.6 Å². The third-order valence-corrected chi connectivity index (χ3v) is 4.59. The van der Waals surface area contributed by atoms with Crippen molar-refractivity contribution in [3.63, 3.8) is 0 Å². The summed E-state index contributed by atoms with van der Waals surface area (Å²) in [4.78, 5) is 16.6. The number of benzene rings is 1. The lowest BCUT2D eigenvalue weighted by atomic mass is 9.99. The summed E-state index contributed by atoms with van der Waals surface area (Å²) in [6.07, 6.45) is 3.81. The van der Waals surface area contributed by atoms with Crippen LogP contribution in [0.25, 0.3) is 11.1 Å². The van der Waals surface area contributed by atoms with Gasteiger partial charge in [0.15, 0.2) is 0 Å². The number of hydrogen-bond donors (Lipinski definition) is 2. The Kier molecular flexibility index (Phi) is 5.26. The first-order chi connectivity index (χ1) is 11.6. The minimum absolute atomic E-state index is 0.0452. The topological polar surface area (TPSA) is 54.0 Å². The van der Waals surface area contributed by atoms with E-state index in [0.717, 1.165) is 37.1 Å². The van der Waals surface area contributed by atoms with Gasteiger partial charge < -0.3 is 10.6 Å². The van der Waals surface area contributed by atoms with E-state index in [-0.39, 0.29) is 11.8 Å². The molecule has 0 saturated carbocycles. The van der Waals surface area contributed by atoms with Gasteiger partial charge in [0.05, 0.1) is 5.92 Å². The van der Waals surface area contributed by atoms with Gasteiger partial charge in [-0.15, -0.1) is 0 Å². The second-order valence-electron chi connectivity index (χ2n) is 6.74. The van der Waals surface area contributed by atoms with E-state index in [1.54, 1.807) is 0 Å². The van der Waals surface area contributed by atoms with E-state index >= 15 is 0 Å². The van der Waals surface area contributed by atoms with Gasteiger partial charge in [-0.1, -0.05) is 38.1 Å². The van der Waals surface area contributed by atoms with Gasteiger partial charge in [0.1, 0.15) is 5.82 Å². The molecule has 0 radical (unpaired) electrons. The van der Waals surface area contributed by atoms with Crippen LogP contribution in [0, 0.1) is 5.92 Å². The molecule has 1 unspecified atom stereocenters. The fourth-order valence-corrected chi connectivity index (χ4v) is 3.00. The van der Waals surface area contributed by atoms with Crippen LogP contribution in [0.1, 0.15) is 38.2 Å². The first-order valence-electron chi connectivity index (χ1n) is 8.71. The largest absolute Gasteiger partial charge is 0.316 e. The Morgan fingerprint density at radius 3 is 2.50 bits per heavy atom. The van der Waals surface area contributed by atoms with E-state index in [2.05, 4.69) is 53.7 Å². The molecule has 0 bridgehead atoms. The summed E-state index contributed by atoms with van der Waals surface area (Å²) < 4.78 is 0. The first kappa shape index (κ1) is 16.7. The monoisotopic (exact) mass is 323 g/mol. The molecule has 1 fully saturated rings. The quantitative estimate of drug-likeness (QED) is 0.899. The zero-order valence-electron chi connectivity index (χ0n) is 14.4. The highest BCUT2D eigenvalue weighted by atomic mass is 16.2. The average Bonchev–Trinajstić information content (AvgIpc) is 2.63. The van der Waals surface area contributed by atoms with Gasteiger partial charge in [-0.25, -0.2) is 4.98 Å². The van der Waals surface area contributed by atoms with E-state index in [1.165, 1.54) is 5.56 Å². The number of aromatic nitrogens is 1. The maximum Gasteiger partial charge on any atom is 0.229 e. The summed E-state index contributed by atoms with van der Waals surface area (Å²) in [6.45, 7) is 6.14. The first-order valence-corrected chi connectivity index (χ1v) is 8.71. The second-order valence-corrected chi connectivity index (χ2v) is 6.74. The van der Waals surface area contributed by atoms with Gasteiger partial charge in [-0.3, -0.25) is 4.79 Å². The molecule has 1 aromatic carbocycles. The van der Waals surface area contributed by atoms with Crippen LogP contribution in [0.15, 0.2) is 42.6 Å². The molecule has 1 aliphatic rings. The van der Waals surface area contributed by atoms with E-state index in [0.29, 0.717) is 11.7 Å². The number of carbonyl (C=O) groups is 1. The van der Waals surface area contributed by atoms with Crippen molar-refractivity contribution in [2.75, 3.05) is 18.4 Å². The van der Waals surface area contributed by atoms with Crippen molar-refractivity contribution < 1.29 is 4.79 Å². The molecule has 4 heteroatoms. The maximum atomic E-state index is 12.2. The molecular formula is C20H25N3O. The lowest BCUT2D eigenvalue weighted by molar-refractivity contribution is -0.120. The number of carbonyl (C=O) groups excluding carboxylic acids is 1. The summed E-state index contributed by atoms with van der Waals surface area (Å²) in [5, 5.41) is 6.19. The summed E-state index contributed by atoms with van der Waals surface area (Å²) >= 11 is 0. The number of rotatable bonds is 4. The van der Waals surface area contributed by atoms with Gasteiger partial charge in [0.25, 0.3) is 0 Å². The highest BCUT2D eigenvalue weighted by Gasteiger charge is 2.21. The molecule has 2 aromatic rings. The Morgan fingerprint density at radius 1 is 1.17 bits per heavy atom. The van der Waals surface area contributed by atoms with Crippen molar-refractivity contribution in [3.05, 3.63) is 48.2 Å². The number of nitrogens with one attached hydrogen (secondary N) is 2. The normalized spacial score (nSPS) is 17.7. The van der Waals surface area contributed by atoms with Crippen molar-refractivity contribution in [2.24, 2.45) is 5.92 Å². The minimum atomic E-state index is 0.0452. The molecule has 0 spiro atoms. The molecular weight excluding hydrogens is 298 g/mol. The molecule has 3 rings (SSSR count). The predicted octanol–water partition coefficient (Wildman–Crippen LogP) is 3.81. The molecule has 1 aromatic heterocycles. The van der Waals surface area contributed by atoms with Crippen molar-refractivity contribution in [1.82, 2.24) is 10.3 Å². The van der Waals surface area contributed by atoms with Crippen LogP contribution >= 0.6 is 0 Å². The molecule has 24 heavy (non-hydrogen) atoms. The van der Waals surface area contributed by atoms with E-state index in [9.17, 15) is 4.79 Å². The summed E-state index contributed by atoms with van der Waals surface area (Å²) in [7, 11) is 0. The zero-order chi connectivity index (χ0) is 16.9. The summed E-state index contributed by atoms with van der Waals surface area (Å²) in [5.41, 5.74) is 3.53. The average molecular weight is 323 g/mol. The number of amides is 1. The van der Waals surface area contributed by atoms with Gasteiger partial charge in [0.2, 0.25) is 5.91 Å². The van der Waals surface area contributed by atoms with E-state index < -0.39 is 0 Å². The maximum absolute atomic E-state index is 12.2. The summed E-state index contributed by atoms with van der Waals surface area (Å²) in [6, 6.07) is 12.4. The fourth-order valence-electron chi connectivity index (χ4n) is 3.00. The highest BCUT2D eigenvalue weighted by molar-refractivity contribution is 5.92. The predicted molar refractivity (Wildman–Crippen MR) is 98.0 cm³/mol. The van der Waals surface area contributed by atoms with Crippen molar-refractivity contribution >= 4 is 11.7 Å². The van der Waals surface area contributed by atoms with Crippen LogP contribution in [0.3, 0.4) is 0 Å². The van der Waals surface area contributed by atoms with Gasteiger partial charge in [-0.05, 0) is 48.6 Å². The summed E-state index contributed by atoms with van der Waals surface area (Å²) in [5.74, 6) is 1.25. The molecule has 1 atom stereocenters. The fraction of sp³-hybridized carbons (Fsp3) is 0.400. The molecule has 126 valence electrons. The standard InChI is InChI=1S/C20H25N3O/c1-14(2)15-5-7-16(8-6-15)17-9-10-19(22-13-17)23-20(24)18-4-3-11-21-12-18/h5-10,13-14,18,21H,3-4,11-12H2,1-2H3,(H,22,23,24). The molecule has 1 aliphatic heterocycles. The van der Waals surface area contributed by atoms with Crippen LogP contribution in [0.5, 0.6) is 0 Å².